The van der Waals surface area contributed by atoms with Gasteiger partial charge >= 0.3 is 6.36 Å². The first kappa shape index (κ1) is 10.3. The Kier molecular flexibility index (Phi) is 2.59. The van der Waals surface area contributed by atoms with Crippen LogP contribution in [0.1, 0.15) is 24.0 Å². The standard InChI is InChI=1S/C11H10F3O/c12-11(13,14)15-10-6-5-8-3-1-2-4-9(8)7-10/h4-7H,1-3H2. The summed E-state index contributed by atoms with van der Waals surface area (Å²) in [4.78, 5) is 0. The zero-order chi connectivity index (χ0) is 10.9. The van der Waals surface area contributed by atoms with Crippen LogP contribution < -0.4 is 4.74 Å². The lowest BCUT2D eigenvalue weighted by Crippen LogP contribution is -2.17. The Morgan fingerprint density at radius 1 is 1.20 bits per heavy atom. The quantitative estimate of drug-likeness (QED) is 0.696. The zero-order valence-electron chi connectivity index (χ0n) is 7.97. The smallest absolute Gasteiger partial charge is 0.406 e. The summed E-state index contributed by atoms with van der Waals surface area (Å²) in [6.45, 7) is 0. The summed E-state index contributed by atoms with van der Waals surface area (Å²) in [6.07, 6.45) is 0.248. The fraction of sp³-hybridized carbons (Fsp3) is 0.364. The number of hydrogen-bond acceptors (Lipinski definition) is 1. The molecule has 0 heterocycles. The first-order chi connectivity index (χ1) is 7.04. The molecule has 4 heteroatoms. The van der Waals surface area contributed by atoms with E-state index in [-0.39, 0.29) is 5.75 Å². The number of alkyl halides is 3. The highest BCUT2D eigenvalue weighted by Gasteiger charge is 2.31. The minimum absolute atomic E-state index is 0.139. The minimum Gasteiger partial charge on any atom is -0.406 e. The first-order valence-electron chi connectivity index (χ1n) is 4.76. The van der Waals surface area contributed by atoms with E-state index in [4.69, 9.17) is 0 Å². The fourth-order valence-electron chi connectivity index (χ4n) is 1.74. The van der Waals surface area contributed by atoms with E-state index < -0.39 is 6.36 Å². The van der Waals surface area contributed by atoms with E-state index in [1.54, 1.807) is 6.07 Å². The Morgan fingerprint density at radius 3 is 2.73 bits per heavy atom. The van der Waals surface area contributed by atoms with Crippen molar-refractivity contribution in [1.29, 1.82) is 0 Å². The van der Waals surface area contributed by atoms with Crippen LogP contribution in [0.5, 0.6) is 5.75 Å². The fourth-order valence-corrected chi connectivity index (χ4v) is 1.74. The molecule has 15 heavy (non-hydrogen) atoms. The highest BCUT2D eigenvalue weighted by molar-refractivity contribution is 5.41. The number of rotatable bonds is 1. The summed E-state index contributed by atoms with van der Waals surface area (Å²) >= 11 is 0. The third kappa shape index (κ3) is 2.64. The molecule has 0 aliphatic heterocycles. The van der Waals surface area contributed by atoms with E-state index in [1.165, 1.54) is 12.1 Å². The minimum atomic E-state index is -4.61. The van der Waals surface area contributed by atoms with Crippen LogP contribution in [0.2, 0.25) is 0 Å². The van der Waals surface area contributed by atoms with Crippen molar-refractivity contribution in [3.63, 3.8) is 0 Å². The molecule has 1 radical (unpaired) electrons. The molecule has 2 rings (SSSR count). The van der Waals surface area contributed by atoms with E-state index in [0.29, 0.717) is 0 Å². The van der Waals surface area contributed by atoms with Gasteiger partial charge in [0, 0.05) is 0 Å². The number of fused-ring (bicyclic) bond motifs is 1. The SMILES string of the molecule is FC(F)(F)Oc1ccc2c(c1)[CH]CCC2. The van der Waals surface area contributed by atoms with E-state index in [9.17, 15) is 13.2 Å². The lowest BCUT2D eigenvalue weighted by Gasteiger charge is -2.17. The average Bonchev–Trinajstić information content (AvgIpc) is 2.15. The molecule has 1 aromatic carbocycles. The van der Waals surface area contributed by atoms with Crippen LogP contribution in [0.4, 0.5) is 13.2 Å². The number of aryl methyl sites for hydroxylation is 1. The summed E-state index contributed by atoms with van der Waals surface area (Å²) in [5.41, 5.74) is 1.96. The van der Waals surface area contributed by atoms with Crippen molar-refractivity contribution >= 4 is 0 Å². The molecule has 0 unspecified atom stereocenters. The third-order valence-electron chi connectivity index (χ3n) is 2.37. The zero-order valence-corrected chi connectivity index (χ0v) is 7.97. The summed E-state index contributed by atoms with van der Waals surface area (Å²) in [6, 6.07) is 4.51. The molecule has 0 bridgehead atoms. The second-order valence-corrected chi connectivity index (χ2v) is 3.50. The predicted octanol–water partition coefficient (Wildman–Crippen LogP) is 3.47. The van der Waals surface area contributed by atoms with Gasteiger partial charge < -0.3 is 4.74 Å². The molecule has 0 atom stereocenters. The van der Waals surface area contributed by atoms with Crippen molar-refractivity contribution in [3.8, 4) is 5.75 Å². The molecule has 0 aromatic heterocycles. The van der Waals surface area contributed by atoms with Crippen molar-refractivity contribution in [2.24, 2.45) is 0 Å². The number of benzene rings is 1. The van der Waals surface area contributed by atoms with Crippen LogP contribution in [0.3, 0.4) is 0 Å². The molecule has 81 valence electrons. The number of halogens is 3. The lowest BCUT2D eigenvalue weighted by atomic mass is 9.92. The van der Waals surface area contributed by atoms with Gasteiger partial charge in [-0.15, -0.1) is 13.2 Å². The van der Waals surface area contributed by atoms with Gasteiger partial charge in [-0.25, -0.2) is 0 Å². The second-order valence-electron chi connectivity index (χ2n) is 3.50. The monoisotopic (exact) mass is 215 g/mol. The molecule has 0 spiro atoms. The van der Waals surface area contributed by atoms with Crippen LogP contribution in [0.25, 0.3) is 0 Å². The van der Waals surface area contributed by atoms with E-state index in [2.05, 4.69) is 4.74 Å². The molecule has 1 nitrogen and oxygen atoms in total. The van der Waals surface area contributed by atoms with Gasteiger partial charge in [0.05, 0.1) is 0 Å². The highest BCUT2D eigenvalue weighted by Crippen LogP contribution is 2.29. The van der Waals surface area contributed by atoms with Crippen LogP contribution in [-0.2, 0) is 6.42 Å². The molecular weight excluding hydrogens is 205 g/mol. The summed E-state index contributed by atoms with van der Waals surface area (Å²) in [5, 5.41) is 0. The van der Waals surface area contributed by atoms with E-state index >= 15 is 0 Å². The Labute approximate surface area is 85.9 Å². The Hall–Kier alpha value is -1.19. The molecule has 1 aliphatic rings. The van der Waals surface area contributed by atoms with Gasteiger partial charge in [-0.05, 0) is 48.9 Å². The van der Waals surface area contributed by atoms with Crippen LogP contribution in [0.15, 0.2) is 18.2 Å². The maximum absolute atomic E-state index is 11.9. The maximum atomic E-state index is 11.9. The number of ether oxygens (including phenoxy) is 1. The van der Waals surface area contributed by atoms with E-state index in [1.807, 2.05) is 6.42 Å². The third-order valence-corrected chi connectivity index (χ3v) is 2.37. The molecule has 0 saturated heterocycles. The van der Waals surface area contributed by atoms with Crippen molar-refractivity contribution in [2.45, 2.75) is 25.6 Å². The molecule has 0 fully saturated rings. The maximum Gasteiger partial charge on any atom is 0.573 e. The van der Waals surface area contributed by atoms with Gasteiger partial charge in [0.2, 0.25) is 0 Å². The Morgan fingerprint density at radius 2 is 2.00 bits per heavy atom. The molecule has 1 aliphatic carbocycles. The Bertz CT molecular complexity index is 357. The normalized spacial score (nSPS) is 15.9. The molecule has 0 N–H and O–H groups in total. The molecule has 0 saturated carbocycles. The summed E-state index contributed by atoms with van der Waals surface area (Å²) in [5.74, 6) is -0.139. The second kappa shape index (κ2) is 3.76. The van der Waals surface area contributed by atoms with Crippen LogP contribution in [0, 0.1) is 6.42 Å². The largest absolute Gasteiger partial charge is 0.573 e. The van der Waals surface area contributed by atoms with Crippen LogP contribution >= 0.6 is 0 Å². The highest BCUT2D eigenvalue weighted by atomic mass is 19.4. The van der Waals surface area contributed by atoms with Crippen molar-refractivity contribution < 1.29 is 17.9 Å². The van der Waals surface area contributed by atoms with Crippen molar-refractivity contribution in [2.75, 3.05) is 0 Å². The van der Waals surface area contributed by atoms with Gasteiger partial charge in [0.25, 0.3) is 0 Å². The predicted molar refractivity (Wildman–Crippen MR) is 49.5 cm³/mol. The Balaban J connectivity index is 2.21. The first-order valence-corrected chi connectivity index (χ1v) is 4.76. The summed E-state index contributed by atoms with van der Waals surface area (Å²) < 4.78 is 39.7. The van der Waals surface area contributed by atoms with Gasteiger partial charge in [-0.3, -0.25) is 0 Å². The van der Waals surface area contributed by atoms with Gasteiger partial charge in [-0.2, -0.15) is 0 Å². The topological polar surface area (TPSA) is 9.23 Å². The average molecular weight is 215 g/mol. The van der Waals surface area contributed by atoms with Crippen molar-refractivity contribution in [1.82, 2.24) is 0 Å². The van der Waals surface area contributed by atoms with Gasteiger partial charge in [0.1, 0.15) is 5.75 Å². The van der Waals surface area contributed by atoms with E-state index in [0.717, 1.165) is 30.4 Å². The van der Waals surface area contributed by atoms with Crippen molar-refractivity contribution in [3.05, 3.63) is 35.7 Å². The summed E-state index contributed by atoms with van der Waals surface area (Å²) in [7, 11) is 0. The van der Waals surface area contributed by atoms with Gasteiger partial charge in [-0.1, -0.05) is 6.07 Å². The van der Waals surface area contributed by atoms with Crippen LogP contribution in [-0.4, -0.2) is 6.36 Å². The molecule has 0 amide bonds. The molecule has 1 aromatic rings. The molecular formula is C11H10F3O. The lowest BCUT2D eigenvalue weighted by molar-refractivity contribution is -0.274. The van der Waals surface area contributed by atoms with Gasteiger partial charge in [0.15, 0.2) is 0 Å². The number of hydrogen-bond donors (Lipinski definition) is 0.